The molecule has 130 valence electrons. The van der Waals surface area contributed by atoms with E-state index in [1.54, 1.807) is 12.0 Å². The number of ether oxygens (including phenoxy) is 1. The minimum absolute atomic E-state index is 0.0528. The van der Waals surface area contributed by atoms with Crippen LogP contribution in [0, 0.1) is 17.8 Å². The third-order valence-electron chi connectivity index (χ3n) is 5.45. The van der Waals surface area contributed by atoms with Crippen molar-refractivity contribution in [2.75, 3.05) is 20.2 Å². The van der Waals surface area contributed by atoms with E-state index in [9.17, 15) is 14.7 Å². The molecular formula is C19H25NO4. The van der Waals surface area contributed by atoms with Gasteiger partial charge in [0.25, 0.3) is 0 Å². The van der Waals surface area contributed by atoms with Crippen LogP contribution in [0.2, 0.25) is 0 Å². The zero-order chi connectivity index (χ0) is 17.3. The van der Waals surface area contributed by atoms with Crippen molar-refractivity contribution in [1.29, 1.82) is 0 Å². The molecule has 24 heavy (non-hydrogen) atoms. The van der Waals surface area contributed by atoms with Gasteiger partial charge in [0.05, 0.1) is 18.9 Å². The number of aliphatic carboxylic acids is 1. The molecule has 0 bridgehead atoms. The predicted octanol–water partition coefficient (Wildman–Crippen LogP) is 2.76. The number of benzene rings is 1. The van der Waals surface area contributed by atoms with Gasteiger partial charge in [-0.15, -0.1) is 0 Å². The number of carbonyl (C=O) groups excluding carboxylic acids is 1. The minimum atomic E-state index is -0.764. The number of carboxylic acids is 1. The highest BCUT2D eigenvalue weighted by atomic mass is 16.5. The van der Waals surface area contributed by atoms with Crippen LogP contribution in [0.1, 0.15) is 37.7 Å². The number of carboxylic acid groups (broad SMARTS) is 1. The number of methoxy groups -OCH3 is 1. The average molecular weight is 331 g/mol. The van der Waals surface area contributed by atoms with Crippen molar-refractivity contribution in [3.05, 3.63) is 29.8 Å². The Hall–Kier alpha value is -2.04. The van der Waals surface area contributed by atoms with Crippen LogP contribution in [0.15, 0.2) is 24.3 Å². The number of hydrogen-bond acceptors (Lipinski definition) is 3. The Bertz CT molecular complexity index is 608. The van der Waals surface area contributed by atoms with E-state index >= 15 is 0 Å². The van der Waals surface area contributed by atoms with E-state index in [2.05, 4.69) is 0 Å². The normalized spacial score (nSPS) is 24.7. The quantitative estimate of drug-likeness (QED) is 0.870. The van der Waals surface area contributed by atoms with Crippen LogP contribution in [0.5, 0.6) is 5.75 Å². The maximum atomic E-state index is 13.0. The lowest BCUT2D eigenvalue weighted by Gasteiger charge is -2.23. The van der Waals surface area contributed by atoms with Crippen molar-refractivity contribution >= 4 is 11.9 Å². The Balaban J connectivity index is 1.74. The molecule has 1 unspecified atom stereocenters. The second-order valence-corrected chi connectivity index (χ2v) is 6.92. The number of amides is 1. The maximum absolute atomic E-state index is 13.0. The molecule has 1 aromatic carbocycles. The first-order valence-corrected chi connectivity index (χ1v) is 8.70. The molecule has 3 atom stereocenters. The molecule has 1 heterocycles. The van der Waals surface area contributed by atoms with Crippen molar-refractivity contribution < 1.29 is 19.4 Å². The van der Waals surface area contributed by atoms with Gasteiger partial charge in [-0.1, -0.05) is 19.1 Å². The van der Waals surface area contributed by atoms with Gasteiger partial charge in [-0.05, 0) is 48.8 Å². The number of rotatable bonds is 6. The SMILES string of the molecule is CCC(C(=O)N1C[C@H](C(=O)O)[C@@H](C2CC2)C1)c1ccc(OC)cc1. The predicted molar refractivity (Wildman–Crippen MR) is 89.9 cm³/mol. The van der Waals surface area contributed by atoms with Gasteiger partial charge < -0.3 is 14.7 Å². The number of hydrogen-bond donors (Lipinski definition) is 1. The smallest absolute Gasteiger partial charge is 0.308 e. The Morgan fingerprint density at radius 1 is 1.25 bits per heavy atom. The van der Waals surface area contributed by atoms with E-state index in [0.29, 0.717) is 25.4 Å². The van der Waals surface area contributed by atoms with Crippen LogP contribution in [0.25, 0.3) is 0 Å². The van der Waals surface area contributed by atoms with Crippen molar-refractivity contribution in [2.24, 2.45) is 17.8 Å². The summed E-state index contributed by atoms with van der Waals surface area (Å²) in [7, 11) is 1.62. The summed E-state index contributed by atoms with van der Waals surface area (Å²) in [5, 5.41) is 9.48. The van der Waals surface area contributed by atoms with E-state index in [-0.39, 0.29) is 17.7 Å². The highest BCUT2D eigenvalue weighted by molar-refractivity contribution is 5.85. The Kier molecular flexibility index (Phi) is 4.78. The highest BCUT2D eigenvalue weighted by Crippen LogP contribution is 2.44. The van der Waals surface area contributed by atoms with Crippen LogP contribution >= 0.6 is 0 Å². The molecule has 0 spiro atoms. The molecule has 2 aliphatic rings. The van der Waals surface area contributed by atoms with Gasteiger partial charge >= 0.3 is 5.97 Å². The van der Waals surface area contributed by atoms with Gasteiger partial charge in [0, 0.05) is 13.1 Å². The molecular weight excluding hydrogens is 306 g/mol. The molecule has 1 aliphatic carbocycles. The summed E-state index contributed by atoms with van der Waals surface area (Å²) in [6.07, 6.45) is 2.91. The van der Waals surface area contributed by atoms with Crippen molar-refractivity contribution in [2.45, 2.75) is 32.1 Å². The van der Waals surface area contributed by atoms with Crippen LogP contribution in [0.3, 0.4) is 0 Å². The third kappa shape index (κ3) is 3.25. The number of likely N-dealkylation sites (tertiary alicyclic amines) is 1. The van der Waals surface area contributed by atoms with Gasteiger partial charge in [0.15, 0.2) is 0 Å². The zero-order valence-corrected chi connectivity index (χ0v) is 14.3. The summed E-state index contributed by atoms with van der Waals surface area (Å²) < 4.78 is 5.17. The largest absolute Gasteiger partial charge is 0.497 e. The van der Waals surface area contributed by atoms with Gasteiger partial charge in [-0.3, -0.25) is 9.59 Å². The maximum Gasteiger partial charge on any atom is 0.308 e. The molecule has 5 heteroatoms. The molecule has 1 saturated carbocycles. The summed E-state index contributed by atoms with van der Waals surface area (Å²) in [4.78, 5) is 26.3. The summed E-state index contributed by atoms with van der Waals surface area (Å²) >= 11 is 0. The van der Waals surface area contributed by atoms with E-state index in [0.717, 1.165) is 24.2 Å². The molecule has 1 N–H and O–H groups in total. The summed E-state index contributed by atoms with van der Waals surface area (Å²) in [6.45, 7) is 2.94. The van der Waals surface area contributed by atoms with Gasteiger partial charge in [-0.25, -0.2) is 0 Å². The van der Waals surface area contributed by atoms with Gasteiger partial charge in [0.1, 0.15) is 5.75 Å². The molecule has 1 aliphatic heterocycles. The molecule has 1 saturated heterocycles. The zero-order valence-electron chi connectivity index (χ0n) is 14.3. The van der Waals surface area contributed by atoms with Crippen molar-refractivity contribution in [1.82, 2.24) is 4.90 Å². The Morgan fingerprint density at radius 3 is 2.42 bits per heavy atom. The first-order valence-electron chi connectivity index (χ1n) is 8.70. The minimum Gasteiger partial charge on any atom is -0.497 e. The summed E-state index contributed by atoms with van der Waals surface area (Å²) in [6, 6.07) is 7.58. The fraction of sp³-hybridized carbons (Fsp3) is 0.579. The molecule has 0 aromatic heterocycles. The van der Waals surface area contributed by atoms with Crippen LogP contribution in [0.4, 0.5) is 0 Å². The Morgan fingerprint density at radius 2 is 1.92 bits per heavy atom. The molecule has 5 nitrogen and oxygen atoms in total. The average Bonchev–Trinajstić information content (AvgIpc) is 3.34. The van der Waals surface area contributed by atoms with E-state index in [4.69, 9.17) is 4.74 Å². The first kappa shape index (κ1) is 16.8. The van der Waals surface area contributed by atoms with Crippen molar-refractivity contribution in [3.8, 4) is 5.75 Å². The highest BCUT2D eigenvalue weighted by Gasteiger charge is 2.47. The van der Waals surface area contributed by atoms with Crippen LogP contribution in [-0.2, 0) is 9.59 Å². The third-order valence-corrected chi connectivity index (χ3v) is 5.45. The van der Waals surface area contributed by atoms with E-state index in [1.165, 1.54) is 0 Å². The van der Waals surface area contributed by atoms with Crippen molar-refractivity contribution in [3.63, 3.8) is 0 Å². The lowest BCUT2D eigenvalue weighted by atomic mass is 9.92. The molecule has 2 fully saturated rings. The Labute approximate surface area is 142 Å². The fourth-order valence-electron chi connectivity index (χ4n) is 3.88. The summed E-state index contributed by atoms with van der Waals surface area (Å²) in [5.74, 6) is 0.0432. The standard InChI is InChI=1S/C19H25NO4/c1-3-15(12-6-8-14(24-2)9-7-12)18(21)20-10-16(13-4-5-13)17(11-20)19(22)23/h6-9,13,15-17H,3-5,10-11H2,1-2H3,(H,22,23)/t15?,16-,17+/m1/s1. The molecule has 3 rings (SSSR count). The monoisotopic (exact) mass is 331 g/mol. The lowest BCUT2D eigenvalue weighted by molar-refractivity contribution is -0.142. The molecule has 0 radical (unpaired) electrons. The number of nitrogens with zero attached hydrogens (tertiary/aromatic N) is 1. The fourth-order valence-corrected chi connectivity index (χ4v) is 3.88. The van der Waals surface area contributed by atoms with Gasteiger partial charge in [-0.2, -0.15) is 0 Å². The second-order valence-electron chi connectivity index (χ2n) is 6.92. The molecule has 1 amide bonds. The number of carbonyl (C=O) groups is 2. The molecule has 1 aromatic rings. The van der Waals surface area contributed by atoms with E-state index in [1.807, 2.05) is 31.2 Å². The van der Waals surface area contributed by atoms with E-state index < -0.39 is 11.9 Å². The van der Waals surface area contributed by atoms with Gasteiger partial charge in [0.2, 0.25) is 5.91 Å². The second kappa shape index (κ2) is 6.83. The topological polar surface area (TPSA) is 66.8 Å². The lowest BCUT2D eigenvalue weighted by Crippen LogP contribution is -2.34. The first-order chi connectivity index (χ1) is 11.5. The summed E-state index contributed by atoms with van der Waals surface area (Å²) in [5.41, 5.74) is 0.963. The van der Waals surface area contributed by atoms with Crippen LogP contribution < -0.4 is 4.74 Å². The van der Waals surface area contributed by atoms with Crippen LogP contribution in [-0.4, -0.2) is 42.1 Å².